The minimum atomic E-state index is -0.0378. The van der Waals surface area contributed by atoms with Crippen molar-refractivity contribution in [3.63, 3.8) is 0 Å². The van der Waals surface area contributed by atoms with E-state index < -0.39 is 0 Å². The molecule has 5 heteroatoms. The number of aryl methyl sites for hydroxylation is 1. The lowest BCUT2D eigenvalue weighted by atomic mass is 9.90. The highest BCUT2D eigenvalue weighted by atomic mass is 16.5. The third kappa shape index (κ3) is 5.82. The predicted octanol–water partition coefficient (Wildman–Crippen LogP) is 5.35. The number of likely N-dealkylation sites (tertiary alicyclic amines) is 1. The molecule has 1 aliphatic rings. The van der Waals surface area contributed by atoms with Crippen molar-refractivity contribution in [3.05, 3.63) is 89.5 Å². The fraction of sp³-hybridized carbons (Fsp3) is 0.276. The van der Waals surface area contributed by atoms with Gasteiger partial charge in [-0.15, -0.1) is 0 Å². The van der Waals surface area contributed by atoms with E-state index in [1.165, 1.54) is 5.56 Å². The van der Waals surface area contributed by atoms with Gasteiger partial charge in [-0.2, -0.15) is 10.5 Å². The molecule has 0 bridgehead atoms. The van der Waals surface area contributed by atoms with Crippen molar-refractivity contribution >= 4 is 5.91 Å². The second kappa shape index (κ2) is 11.2. The van der Waals surface area contributed by atoms with E-state index in [0.717, 1.165) is 49.9 Å². The highest BCUT2D eigenvalue weighted by Gasteiger charge is 2.23. The van der Waals surface area contributed by atoms with E-state index in [-0.39, 0.29) is 12.5 Å². The van der Waals surface area contributed by atoms with E-state index in [1.807, 2.05) is 23.1 Å². The molecule has 0 aromatic heterocycles. The fourth-order valence-corrected chi connectivity index (χ4v) is 4.39. The molecule has 0 unspecified atom stereocenters. The Morgan fingerprint density at radius 1 is 0.912 bits per heavy atom. The molecule has 4 rings (SSSR count). The van der Waals surface area contributed by atoms with Crippen LogP contribution in [-0.2, 0) is 11.2 Å². The summed E-state index contributed by atoms with van der Waals surface area (Å²) in [5, 5.41) is 18.3. The van der Waals surface area contributed by atoms with Crippen molar-refractivity contribution in [3.8, 4) is 29.0 Å². The molecule has 1 amide bonds. The maximum atomic E-state index is 12.8. The van der Waals surface area contributed by atoms with Gasteiger partial charge in [-0.3, -0.25) is 4.79 Å². The third-order valence-corrected chi connectivity index (χ3v) is 6.44. The molecule has 170 valence electrons. The first-order valence-electron chi connectivity index (χ1n) is 11.7. The highest BCUT2D eigenvalue weighted by molar-refractivity contribution is 5.79. The quantitative estimate of drug-likeness (QED) is 0.487. The first-order valence-corrected chi connectivity index (χ1v) is 11.7. The van der Waals surface area contributed by atoms with Crippen LogP contribution >= 0.6 is 0 Å². The smallest absolute Gasteiger partial charge is 0.260 e. The van der Waals surface area contributed by atoms with Gasteiger partial charge in [0.15, 0.2) is 6.61 Å². The predicted molar refractivity (Wildman–Crippen MR) is 131 cm³/mol. The van der Waals surface area contributed by atoms with Crippen molar-refractivity contribution in [2.24, 2.45) is 5.92 Å². The Morgan fingerprint density at radius 2 is 1.59 bits per heavy atom. The molecule has 0 atom stereocenters. The van der Waals surface area contributed by atoms with Gasteiger partial charge in [-0.05, 0) is 73.1 Å². The summed E-state index contributed by atoms with van der Waals surface area (Å²) in [7, 11) is 0. The standard InChI is InChI=1S/C29H27N3O2/c30-19-24-8-11-26(12-9-24)27-18-25(20-31)10-13-28(27)34-21-29(33)32-16-14-23(15-17-32)7-6-22-4-2-1-3-5-22/h1-5,8-13,18,23H,6-7,14-17,21H2. The van der Waals surface area contributed by atoms with Crippen LogP contribution in [0.5, 0.6) is 5.75 Å². The van der Waals surface area contributed by atoms with Crippen LogP contribution in [0.3, 0.4) is 0 Å². The summed E-state index contributed by atoms with van der Waals surface area (Å²) in [6.45, 7) is 1.48. The molecule has 1 saturated heterocycles. The zero-order valence-electron chi connectivity index (χ0n) is 19.1. The molecule has 3 aromatic carbocycles. The minimum Gasteiger partial charge on any atom is -0.483 e. The monoisotopic (exact) mass is 449 g/mol. The molecule has 0 saturated carbocycles. The summed E-state index contributed by atoms with van der Waals surface area (Å²) in [4.78, 5) is 14.7. The summed E-state index contributed by atoms with van der Waals surface area (Å²) in [5.41, 5.74) is 4.00. The Balaban J connectivity index is 1.33. The van der Waals surface area contributed by atoms with Crippen molar-refractivity contribution < 1.29 is 9.53 Å². The van der Waals surface area contributed by atoms with Gasteiger partial charge < -0.3 is 9.64 Å². The lowest BCUT2D eigenvalue weighted by Crippen LogP contribution is -2.41. The van der Waals surface area contributed by atoms with Gasteiger partial charge in [0, 0.05) is 18.7 Å². The van der Waals surface area contributed by atoms with E-state index in [9.17, 15) is 10.1 Å². The van der Waals surface area contributed by atoms with Gasteiger partial charge in [0.05, 0.1) is 23.3 Å². The van der Waals surface area contributed by atoms with Gasteiger partial charge in [0.25, 0.3) is 5.91 Å². The number of carbonyl (C=O) groups excluding carboxylic acids is 1. The summed E-state index contributed by atoms with van der Waals surface area (Å²) in [6.07, 6.45) is 4.28. The van der Waals surface area contributed by atoms with Crippen LogP contribution in [0.2, 0.25) is 0 Å². The molecule has 1 aliphatic heterocycles. The SMILES string of the molecule is N#Cc1ccc(-c2cc(C#N)ccc2OCC(=O)N2CCC(CCc3ccccc3)CC2)cc1. The number of rotatable bonds is 7. The van der Waals surface area contributed by atoms with Crippen LogP contribution in [0.15, 0.2) is 72.8 Å². The molecule has 3 aromatic rings. The normalized spacial score (nSPS) is 13.6. The van der Waals surface area contributed by atoms with Crippen molar-refractivity contribution in [2.75, 3.05) is 19.7 Å². The number of nitriles is 2. The Kier molecular flexibility index (Phi) is 7.58. The zero-order chi connectivity index (χ0) is 23.8. The molecule has 34 heavy (non-hydrogen) atoms. The van der Waals surface area contributed by atoms with Crippen LogP contribution in [0.25, 0.3) is 11.1 Å². The molecular formula is C29H27N3O2. The Hall–Kier alpha value is -4.09. The van der Waals surface area contributed by atoms with Gasteiger partial charge >= 0.3 is 0 Å². The van der Waals surface area contributed by atoms with Gasteiger partial charge in [0.2, 0.25) is 0 Å². The Bertz CT molecular complexity index is 1200. The molecule has 0 spiro atoms. The number of amides is 1. The number of ether oxygens (including phenoxy) is 1. The van der Waals surface area contributed by atoms with E-state index >= 15 is 0 Å². The molecular weight excluding hydrogens is 422 g/mol. The van der Waals surface area contributed by atoms with Gasteiger partial charge in [-0.1, -0.05) is 42.5 Å². The van der Waals surface area contributed by atoms with Crippen molar-refractivity contribution in [2.45, 2.75) is 25.7 Å². The largest absolute Gasteiger partial charge is 0.483 e. The summed E-state index contributed by atoms with van der Waals surface area (Å²) in [6, 6.07) is 27.1. The minimum absolute atomic E-state index is 0.0170. The molecule has 1 heterocycles. The zero-order valence-corrected chi connectivity index (χ0v) is 19.1. The van der Waals surface area contributed by atoms with E-state index in [4.69, 9.17) is 10.00 Å². The summed E-state index contributed by atoms with van der Waals surface area (Å²) < 4.78 is 5.93. The van der Waals surface area contributed by atoms with Gasteiger partial charge in [-0.25, -0.2) is 0 Å². The number of carbonyl (C=O) groups is 1. The summed E-state index contributed by atoms with van der Waals surface area (Å²) >= 11 is 0. The molecule has 0 aliphatic carbocycles. The number of piperidine rings is 1. The van der Waals surface area contributed by atoms with E-state index in [1.54, 1.807) is 30.3 Å². The number of nitrogens with zero attached hydrogens (tertiary/aromatic N) is 3. The van der Waals surface area contributed by atoms with Crippen LogP contribution in [0, 0.1) is 28.6 Å². The van der Waals surface area contributed by atoms with Crippen LogP contribution in [0.1, 0.15) is 36.0 Å². The average Bonchev–Trinajstić information content (AvgIpc) is 2.91. The lowest BCUT2D eigenvalue weighted by Gasteiger charge is -2.32. The summed E-state index contributed by atoms with van der Waals surface area (Å²) in [5.74, 6) is 1.18. The van der Waals surface area contributed by atoms with Crippen LogP contribution in [-0.4, -0.2) is 30.5 Å². The number of hydrogen-bond donors (Lipinski definition) is 0. The Labute approximate surface area is 200 Å². The first-order chi connectivity index (χ1) is 16.7. The van der Waals surface area contributed by atoms with E-state index in [2.05, 4.69) is 36.4 Å². The van der Waals surface area contributed by atoms with Crippen molar-refractivity contribution in [1.29, 1.82) is 10.5 Å². The van der Waals surface area contributed by atoms with E-state index in [0.29, 0.717) is 22.8 Å². The lowest BCUT2D eigenvalue weighted by molar-refractivity contribution is -0.134. The van der Waals surface area contributed by atoms with Gasteiger partial charge in [0.1, 0.15) is 5.75 Å². The first kappa shape index (κ1) is 23.1. The average molecular weight is 450 g/mol. The maximum Gasteiger partial charge on any atom is 0.260 e. The highest BCUT2D eigenvalue weighted by Crippen LogP contribution is 2.31. The number of hydrogen-bond acceptors (Lipinski definition) is 4. The number of benzene rings is 3. The second-order valence-electron chi connectivity index (χ2n) is 8.65. The molecule has 5 nitrogen and oxygen atoms in total. The second-order valence-corrected chi connectivity index (χ2v) is 8.65. The fourth-order valence-electron chi connectivity index (χ4n) is 4.39. The van der Waals surface area contributed by atoms with Crippen molar-refractivity contribution in [1.82, 2.24) is 4.90 Å². The van der Waals surface area contributed by atoms with Crippen LogP contribution < -0.4 is 4.74 Å². The Morgan fingerprint density at radius 3 is 2.26 bits per heavy atom. The maximum absolute atomic E-state index is 12.8. The molecule has 0 radical (unpaired) electrons. The molecule has 0 N–H and O–H groups in total. The topological polar surface area (TPSA) is 77.1 Å². The third-order valence-electron chi connectivity index (χ3n) is 6.44. The van der Waals surface area contributed by atoms with Crippen LogP contribution in [0.4, 0.5) is 0 Å². The molecule has 1 fully saturated rings.